The van der Waals surface area contributed by atoms with Crippen molar-refractivity contribution in [2.45, 2.75) is 17.4 Å². The molecule has 1 aliphatic heterocycles. The standard InChI is InChI=1S/C17H19NO6S/c1-22-13-3-2-4-14(10-13)25(20,21)18-8-7-15(19)12-5-6-16-17(9-12)24-11-23-16/h2-6,9-10,15,18-19H,7-8,11H2,1H3. The van der Waals surface area contributed by atoms with Gasteiger partial charge in [-0.1, -0.05) is 12.1 Å². The molecule has 2 aromatic carbocycles. The summed E-state index contributed by atoms with van der Waals surface area (Å²) in [6, 6.07) is 11.4. The molecule has 2 aromatic rings. The summed E-state index contributed by atoms with van der Waals surface area (Å²) in [5, 5.41) is 10.3. The highest BCUT2D eigenvalue weighted by Gasteiger charge is 2.18. The summed E-state index contributed by atoms with van der Waals surface area (Å²) in [6.07, 6.45) is -0.592. The average Bonchev–Trinajstić information content (AvgIpc) is 3.09. The third kappa shape index (κ3) is 4.04. The van der Waals surface area contributed by atoms with E-state index in [2.05, 4.69) is 4.72 Å². The Kier molecular flexibility index (Phi) is 5.12. The van der Waals surface area contributed by atoms with Crippen LogP contribution in [0, 0.1) is 0 Å². The zero-order valence-corrected chi connectivity index (χ0v) is 14.5. The molecule has 25 heavy (non-hydrogen) atoms. The molecule has 0 radical (unpaired) electrons. The van der Waals surface area contributed by atoms with E-state index in [4.69, 9.17) is 14.2 Å². The molecule has 0 aliphatic carbocycles. The number of hydrogen-bond donors (Lipinski definition) is 2. The van der Waals surface area contributed by atoms with E-state index in [0.717, 1.165) is 0 Å². The highest BCUT2D eigenvalue weighted by molar-refractivity contribution is 7.89. The smallest absolute Gasteiger partial charge is 0.240 e. The Morgan fingerprint density at radius 3 is 2.80 bits per heavy atom. The van der Waals surface area contributed by atoms with Crippen molar-refractivity contribution in [2.75, 3.05) is 20.4 Å². The molecule has 0 spiro atoms. The number of sulfonamides is 1. The molecule has 1 unspecified atom stereocenters. The van der Waals surface area contributed by atoms with E-state index >= 15 is 0 Å². The number of nitrogens with one attached hydrogen (secondary N) is 1. The van der Waals surface area contributed by atoms with Crippen LogP contribution in [0.15, 0.2) is 47.4 Å². The topological polar surface area (TPSA) is 94.1 Å². The Morgan fingerprint density at radius 1 is 1.20 bits per heavy atom. The largest absolute Gasteiger partial charge is 0.497 e. The summed E-state index contributed by atoms with van der Waals surface area (Å²) in [5.41, 5.74) is 0.643. The van der Waals surface area contributed by atoms with E-state index in [1.165, 1.54) is 19.2 Å². The predicted octanol–water partition coefficient (Wildman–Crippen LogP) is 1.83. The molecule has 1 heterocycles. The van der Waals surface area contributed by atoms with E-state index in [1.54, 1.807) is 30.3 Å². The number of benzene rings is 2. The van der Waals surface area contributed by atoms with Crippen molar-refractivity contribution < 1.29 is 27.7 Å². The third-order valence-corrected chi connectivity index (χ3v) is 5.30. The van der Waals surface area contributed by atoms with Crippen LogP contribution in [-0.2, 0) is 10.0 Å². The maximum absolute atomic E-state index is 12.3. The van der Waals surface area contributed by atoms with E-state index in [0.29, 0.717) is 22.8 Å². The highest BCUT2D eigenvalue weighted by atomic mass is 32.2. The second-order valence-electron chi connectivity index (χ2n) is 5.49. The number of rotatable bonds is 7. The van der Waals surface area contributed by atoms with Crippen molar-refractivity contribution in [3.05, 3.63) is 48.0 Å². The molecule has 0 saturated carbocycles. The number of aliphatic hydroxyl groups excluding tert-OH is 1. The molecule has 8 heteroatoms. The van der Waals surface area contributed by atoms with Gasteiger partial charge in [0, 0.05) is 12.6 Å². The van der Waals surface area contributed by atoms with Crippen LogP contribution in [0.25, 0.3) is 0 Å². The van der Waals surface area contributed by atoms with Crippen LogP contribution in [0.5, 0.6) is 17.2 Å². The molecule has 0 aromatic heterocycles. The molecule has 1 aliphatic rings. The van der Waals surface area contributed by atoms with Crippen molar-refractivity contribution in [3.8, 4) is 17.2 Å². The van der Waals surface area contributed by atoms with Crippen LogP contribution < -0.4 is 18.9 Å². The van der Waals surface area contributed by atoms with Crippen LogP contribution in [0.1, 0.15) is 18.1 Å². The number of methoxy groups -OCH3 is 1. The van der Waals surface area contributed by atoms with Crippen LogP contribution in [-0.4, -0.2) is 34.0 Å². The molecule has 0 bridgehead atoms. The molecule has 2 N–H and O–H groups in total. The quantitative estimate of drug-likeness (QED) is 0.777. The first-order valence-electron chi connectivity index (χ1n) is 7.71. The number of aliphatic hydroxyl groups is 1. The van der Waals surface area contributed by atoms with Gasteiger partial charge >= 0.3 is 0 Å². The normalized spacial score (nSPS) is 14.3. The zero-order valence-electron chi connectivity index (χ0n) is 13.6. The molecule has 7 nitrogen and oxygen atoms in total. The van der Waals surface area contributed by atoms with E-state index in [1.807, 2.05) is 0 Å². The minimum Gasteiger partial charge on any atom is -0.497 e. The van der Waals surface area contributed by atoms with Crippen LogP contribution >= 0.6 is 0 Å². The van der Waals surface area contributed by atoms with Crippen LogP contribution in [0.2, 0.25) is 0 Å². The van der Waals surface area contributed by atoms with Crippen molar-refractivity contribution in [3.63, 3.8) is 0 Å². The van der Waals surface area contributed by atoms with Crippen molar-refractivity contribution in [1.29, 1.82) is 0 Å². The molecular weight excluding hydrogens is 346 g/mol. The zero-order chi connectivity index (χ0) is 17.9. The van der Waals surface area contributed by atoms with Gasteiger partial charge in [0.05, 0.1) is 18.1 Å². The van der Waals surface area contributed by atoms with Gasteiger partial charge in [-0.3, -0.25) is 0 Å². The lowest BCUT2D eigenvalue weighted by atomic mass is 10.1. The molecule has 0 fully saturated rings. The lowest BCUT2D eigenvalue weighted by Gasteiger charge is -2.13. The molecule has 0 saturated heterocycles. The van der Waals surface area contributed by atoms with Crippen molar-refractivity contribution in [2.24, 2.45) is 0 Å². The van der Waals surface area contributed by atoms with Gasteiger partial charge in [0.15, 0.2) is 11.5 Å². The number of hydrogen-bond acceptors (Lipinski definition) is 6. The van der Waals surface area contributed by atoms with Gasteiger partial charge in [-0.25, -0.2) is 13.1 Å². The number of ether oxygens (including phenoxy) is 3. The summed E-state index contributed by atoms with van der Waals surface area (Å²) >= 11 is 0. The molecule has 0 amide bonds. The molecule has 1 atom stereocenters. The average molecular weight is 365 g/mol. The second-order valence-corrected chi connectivity index (χ2v) is 7.26. The van der Waals surface area contributed by atoms with Gasteiger partial charge in [0.2, 0.25) is 16.8 Å². The lowest BCUT2D eigenvalue weighted by Crippen LogP contribution is -2.26. The summed E-state index contributed by atoms with van der Waals surface area (Å²) in [4.78, 5) is 0.115. The summed E-state index contributed by atoms with van der Waals surface area (Å²) in [7, 11) is -2.19. The van der Waals surface area contributed by atoms with Crippen LogP contribution in [0.3, 0.4) is 0 Å². The third-order valence-electron chi connectivity index (χ3n) is 3.84. The predicted molar refractivity (Wildman–Crippen MR) is 90.3 cm³/mol. The summed E-state index contributed by atoms with van der Waals surface area (Å²) in [6.45, 7) is 0.254. The van der Waals surface area contributed by atoms with Gasteiger partial charge in [0.1, 0.15) is 5.75 Å². The van der Waals surface area contributed by atoms with E-state index < -0.39 is 16.1 Å². The van der Waals surface area contributed by atoms with Gasteiger partial charge in [-0.05, 0) is 36.2 Å². The van der Waals surface area contributed by atoms with Gasteiger partial charge in [-0.2, -0.15) is 0 Å². The fraction of sp³-hybridized carbons (Fsp3) is 0.294. The first-order chi connectivity index (χ1) is 12.0. The van der Waals surface area contributed by atoms with Crippen LogP contribution in [0.4, 0.5) is 0 Å². The maximum Gasteiger partial charge on any atom is 0.240 e. The van der Waals surface area contributed by atoms with Crippen molar-refractivity contribution >= 4 is 10.0 Å². The van der Waals surface area contributed by atoms with E-state index in [9.17, 15) is 13.5 Å². The SMILES string of the molecule is COc1cccc(S(=O)(=O)NCCC(O)c2ccc3c(c2)OCO3)c1. The fourth-order valence-corrected chi connectivity index (χ4v) is 3.55. The monoisotopic (exact) mass is 365 g/mol. The second kappa shape index (κ2) is 7.30. The first kappa shape index (κ1) is 17.5. The number of fused-ring (bicyclic) bond motifs is 1. The Balaban J connectivity index is 1.59. The van der Waals surface area contributed by atoms with E-state index in [-0.39, 0.29) is 24.7 Å². The molecule has 3 rings (SSSR count). The fourth-order valence-electron chi connectivity index (χ4n) is 2.47. The minimum absolute atomic E-state index is 0.0924. The first-order valence-corrected chi connectivity index (χ1v) is 9.19. The highest BCUT2D eigenvalue weighted by Crippen LogP contribution is 2.34. The maximum atomic E-state index is 12.3. The van der Waals surface area contributed by atoms with Gasteiger partial charge in [0.25, 0.3) is 0 Å². The van der Waals surface area contributed by atoms with Gasteiger partial charge in [-0.15, -0.1) is 0 Å². The Labute approximate surface area is 146 Å². The molecule has 134 valence electrons. The minimum atomic E-state index is -3.67. The summed E-state index contributed by atoms with van der Waals surface area (Å²) in [5.74, 6) is 1.67. The van der Waals surface area contributed by atoms with Crippen molar-refractivity contribution in [1.82, 2.24) is 4.72 Å². The Bertz CT molecular complexity index is 852. The van der Waals surface area contributed by atoms with Gasteiger partial charge < -0.3 is 19.3 Å². The molecular formula is C17H19NO6S. The summed E-state index contributed by atoms with van der Waals surface area (Å²) < 4.78 is 42.6. The Morgan fingerprint density at radius 2 is 2.00 bits per heavy atom. The Hall–Kier alpha value is -2.29. The lowest BCUT2D eigenvalue weighted by molar-refractivity contribution is 0.166.